The summed E-state index contributed by atoms with van der Waals surface area (Å²) in [5.41, 5.74) is 0.656. The molecule has 0 N–H and O–H groups in total. The molecule has 2 aromatic rings. The summed E-state index contributed by atoms with van der Waals surface area (Å²) < 4.78 is 32.8. The van der Waals surface area contributed by atoms with Crippen molar-refractivity contribution in [3.63, 3.8) is 0 Å². The molecule has 0 unspecified atom stereocenters. The fourth-order valence-electron chi connectivity index (χ4n) is 1.75. The van der Waals surface area contributed by atoms with Crippen LogP contribution in [0.3, 0.4) is 0 Å². The number of aryl methyl sites for hydroxylation is 1. The molecule has 0 radical (unpaired) electrons. The fourth-order valence-corrected chi connectivity index (χ4v) is 3.06. The van der Waals surface area contributed by atoms with Gasteiger partial charge in [0.15, 0.2) is 0 Å². The molecular formula is C13H9BrF2O2S. The molecule has 0 amide bonds. The zero-order valence-electron chi connectivity index (χ0n) is 10.1. The van der Waals surface area contributed by atoms with Crippen LogP contribution in [-0.4, -0.2) is 13.1 Å². The van der Waals surface area contributed by atoms with E-state index in [-0.39, 0.29) is 20.5 Å². The maximum atomic E-state index is 14.1. The highest BCUT2D eigenvalue weighted by atomic mass is 79.9. The van der Waals surface area contributed by atoms with Crippen molar-refractivity contribution in [3.8, 4) is 11.1 Å². The van der Waals surface area contributed by atoms with Gasteiger partial charge < -0.3 is 4.74 Å². The second-order valence-corrected chi connectivity index (χ2v) is 5.57. The standard InChI is InChI=1S/C13H9BrF2O2S/c1-6-5-19-12(13(17)18-2)9(6)10-8(15)4-3-7(14)11(10)16/h3-5H,1-2H3. The number of benzene rings is 1. The Kier molecular flexibility index (Phi) is 4.01. The number of esters is 1. The minimum Gasteiger partial charge on any atom is -0.465 e. The van der Waals surface area contributed by atoms with Gasteiger partial charge in [0, 0.05) is 5.56 Å². The van der Waals surface area contributed by atoms with Crippen LogP contribution in [0.5, 0.6) is 0 Å². The van der Waals surface area contributed by atoms with Crippen molar-refractivity contribution in [2.75, 3.05) is 7.11 Å². The normalized spacial score (nSPS) is 10.6. The van der Waals surface area contributed by atoms with Crippen LogP contribution in [0.2, 0.25) is 0 Å². The molecule has 100 valence electrons. The number of thiophene rings is 1. The van der Waals surface area contributed by atoms with Gasteiger partial charge in [-0.25, -0.2) is 13.6 Å². The Bertz CT molecular complexity index is 652. The van der Waals surface area contributed by atoms with Gasteiger partial charge >= 0.3 is 5.97 Å². The molecule has 0 aliphatic rings. The Hall–Kier alpha value is -1.27. The molecule has 0 fully saturated rings. The number of hydrogen-bond donors (Lipinski definition) is 0. The Labute approximate surface area is 121 Å². The number of carbonyl (C=O) groups is 1. The number of halogens is 3. The highest BCUT2D eigenvalue weighted by Crippen LogP contribution is 2.38. The van der Waals surface area contributed by atoms with Crippen molar-refractivity contribution in [2.45, 2.75) is 6.92 Å². The molecule has 0 saturated carbocycles. The summed E-state index contributed by atoms with van der Waals surface area (Å²) in [6, 6.07) is 2.44. The largest absolute Gasteiger partial charge is 0.465 e. The van der Waals surface area contributed by atoms with Gasteiger partial charge in [0.1, 0.15) is 16.5 Å². The van der Waals surface area contributed by atoms with Gasteiger partial charge in [-0.05, 0) is 45.9 Å². The summed E-state index contributed by atoms with van der Waals surface area (Å²) in [7, 11) is 1.23. The van der Waals surface area contributed by atoms with Crippen LogP contribution in [0.15, 0.2) is 22.0 Å². The molecule has 0 bridgehead atoms. The Morgan fingerprint density at radius 1 is 1.32 bits per heavy atom. The third kappa shape index (κ3) is 2.42. The van der Waals surface area contributed by atoms with E-state index in [1.165, 1.54) is 13.2 Å². The molecule has 0 spiro atoms. The smallest absolute Gasteiger partial charge is 0.348 e. The molecule has 19 heavy (non-hydrogen) atoms. The monoisotopic (exact) mass is 346 g/mol. The van der Waals surface area contributed by atoms with Gasteiger partial charge in [0.25, 0.3) is 0 Å². The first-order valence-corrected chi connectivity index (χ1v) is 6.95. The predicted octanol–water partition coefficient (Wildman–Crippen LogP) is 4.55. The molecular weight excluding hydrogens is 338 g/mol. The molecule has 2 rings (SSSR count). The fraction of sp³-hybridized carbons (Fsp3) is 0.154. The van der Waals surface area contributed by atoms with E-state index in [0.717, 1.165) is 17.4 Å². The average molecular weight is 347 g/mol. The van der Waals surface area contributed by atoms with Gasteiger partial charge in [-0.3, -0.25) is 0 Å². The van der Waals surface area contributed by atoms with Crippen molar-refractivity contribution in [1.29, 1.82) is 0 Å². The molecule has 1 heterocycles. The summed E-state index contributed by atoms with van der Waals surface area (Å²) in [6.45, 7) is 1.69. The highest BCUT2D eigenvalue weighted by Gasteiger charge is 2.24. The van der Waals surface area contributed by atoms with E-state index in [1.54, 1.807) is 12.3 Å². The van der Waals surface area contributed by atoms with Gasteiger partial charge in [-0.2, -0.15) is 0 Å². The summed E-state index contributed by atoms with van der Waals surface area (Å²) in [4.78, 5) is 11.9. The molecule has 2 nitrogen and oxygen atoms in total. The summed E-state index contributed by atoms with van der Waals surface area (Å²) in [6.07, 6.45) is 0. The molecule has 0 saturated heterocycles. The lowest BCUT2D eigenvalue weighted by Gasteiger charge is -2.08. The number of carbonyl (C=O) groups excluding carboxylic acids is 1. The summed E-state index contributed by atoms with van der Waals surface area (Å²) in [5.74, 6) is -2.05. The van der Waals surface area contributed by atoms with Gasteiger partial charge in [-0.15, -0.1) is 11.3 Å². The van der Waals surface area contributed by atoms with Crippen LogP contribution in [0, 0.1) is 18.6 Å². The summed E-state index contributed by atoms with van der Waals surface area (Å²) >= 11 is 4.12. The zero-order chi connectivity index (χ0) is 14.2. The predicted molar refractivity (Wildman–Crippen MR) is 73.4 cm³/mol. The van der Waals surface area contributed by atoms with Crippen LogP contribution < -0.4 is 0 Å². The van der Waals surface area contributed by atoms with Crippen molar-refractivity contribution in [2.24, 2.45) is 0 Å². The second kappa shape index (κ2) is 5.38. The lowest BCUT2D eigenvalue weighted by Crippen LogP contribution is -2.02. The molecule has 0 atom stereocenters. The highest BCUT2D eigenvalue weighted by molar-refractivity contribution is 9.10. The van der Waals surface area contributed by atoms with E-state index < -0.39 is 17.6 Å². The van der Waals surface area contributed by atoms with Crippen molar-refractivity contribution in [1.82, 2.24) is 0 Å². The van der Waals surface area contributed by atoms with Gasteiger partial charge in [-0.1, -0.05) is 0 Å². The first kappa shape index (κ1) is 14.1. The average Bonchev–Trinajstić information content (AvgIpc) is 2.76. The maximum absolute atomic E-state index is 14.1. The maximum Gasteiger partial charge on any atom is 0.348 e. The lowest BCUT2D eigenvalue weighted by molar-refractivity contribution is 0.0607. The second-order valence-electron chi connectivity index (χ2n) is 3.83. The Morgan fingerprint density at radius 3 is 2.63 bits per heavy atom. The minimum absolute atomic E-state index is 0.144. The van der Waals surface area contributed by atoms with Crippen LogP contribution in [0.1, 0.15) is 15.2 Å². The van der Waals surface area contributed by atoms with Crippen molar-refractivity contribution < 1.29 is 18.3 Å². The van der Waals surface area contributed by atoms with Crippen LogP contribution in [0.4, 0.5) is 8.78 Å². The van der Waals surface area contributed by atoms with E-state index in [0.29, 0.717) is 5.56 Å². The van der Waals surface area contributed by atoms with Crippen LogP contribution in [0.25, 0.3) is 11.1 Å². The number of methoxy groups -OCH3 is 1. The van der Waals surface area contributed by atoms with Gasteiger partial charge in [0.2, 0.25) is 0 Å². The van der Waals surface area contributed by atoms with Crippen molar-refractivity contribution >= 4 is 33.2 Å². The quantitative estimate of drug-likeness (QED) is 0.588. The minimum atomic E-state index is -0.730. The third-order valence-corrected chi connectivity index (χ3v) is 4.33. The van der Waals surface area contributed by atoms with E-state index in [1.807, 2.05) is 0 Å². The molecule has 6 heteroatoms. The first-order chi connectivity index (χ1) is 8.97. The van der Waals surface area contributed by atoms with Crippen molar-refractivity contribution in [3.05, 3.63) is 44.1 Å². The molecule has 0 aliphatic carbocycles. The van der Waals surface area contributed by atoms with Crippen LogP contribution in [-0.2, 0) is 4.74 Å². The van der Waals surface area contributed by atoms with E-state index >= 15 is 0 Å². The third-order valence-electron chi connectivity index (χ3n) is 2.64. The van der Waals surface area contributed by atoms with E-state index in [4.69, 9.17) is 0 Å². The SMILES string of the molecule is COC(=O)c1scc(C)c1-c1c(F)ccc(Br)c1F. The summed E-state index contributed by atoms with van der Waals surface area (Å²) in [5, 5.41) is 1.67. The van der Waals surface area contributed by atoms with E-state index in [9.17, 15) is 13.6 Å². The number of rotatable bonds is 2. The zero-order valence-corrected chi connectivity index (χ0v) is 12.5. The van der Waals surface area contributed by atoms with Crippen LogP contribution >= 0.6 is 27.3 Å². The molecule has 0 aliphatic heterocycles. The Balaban J connectivity index is 2.76. The van der Waals surface area contributed by atoms with E-state index in [2.05, 4.69) is 20.7 Å². The number of ether oxygens (including phenoxy) is 1. The topological polar surface area (TPSA) is 26.3 Å². The molecule has 1 aromatic carbocycles. The first-order valence-electron chi connectivity index (χ1n) is 5.27. The Morgan fingerprint density at radius 2 is 2.00 bits per heavy atom. The van der Waals surface area contributed by atoms with Gasteiger partial charge in [0.05, 0.1) is 17.1 Å². The lowest BCUT2D eigenvalue weighted by atomic mass is 10.0. The number of hydrogen-bond acceptors (Lipinski definition) is 3. The molecule has 1 aromatic heterocycles.